The summed E-state index contributed by atoms with van der Waals surface area (Å²) >= 11 is 3.68. The molecule has 3 rings (SSSR count). The lowest BCUT2D eigenvalue weighted by molar-refractivity contribution is -0.135. The Hall–Kier alpha value is -4.11. The number of hydrogen-bond donors (Lipinski definition) is 3. The molecule has 2 amide bonds. The molecule has 8 nitrogen and oxygen atoms in total. The normalized spacial score (nSPS) is 12.5. The Morgan fingerprint density at radius 3 is 1.80 bits per heavy atom. The van der Waals surface area contributed by atoms with E-state index in [9.17, 15) is 19.2 Å². The van der Waals surface area contributed by atoms with Gasteiger partial charge in [-0.1, -0.05) is 85.4 Å². The van der Waals surface area contributed by atoms with Gasteiger partial charge in [0.15, 0.2) is 0 Å². The minimum atomic E-state index is -1.19. The number of amides is 2. The summed E-state index contributed by atoms with van der Waals surface area (Å²) in [6.07, 6.45) is -0.604. The zero-order valence-electron chi connectivity index (χ0n) is 22.8. The summed E-state index contributed by atoms with van der Waals surface area (Å²) in [7, 11) is 0. The average molecular weight is 563 g/mol. The monoisotopic (exact) mass is 562 g/mol. The predicted molar refractivity (Wildman–Crippen MR) is 155 cm³/mol. The topological polar surface area (TPSA) is 111 Å². The van der Waals surface area contributed by atoms with Crippen LogP contribution in [0.2, 0.25) is 0 Å². The molecule has 0 unspecified atom stereocenters. The van der Waals surface area contributed by atoms with E-state index >= 15 is 0 Å². The van der Waals surface area contributed by atoms with Crippen LogP contribution in [0, 0.1) is 0 Å². The number of thiol groups is 1. The standard InChI is InChI=1S/C31H34N2O6S/c1-31(2,3)39-24-16-14-22(15-17-24)18-25(27(34)29(36)40)32-28(35)26(19-21-10-6-4-7-11-21)33-30(37)38-20-23-12-8-5-9-13-23/h4-17,25-26H,18-20H2,1-3H3,(H,32,35)(H,33,37)(H,36,40)/t25-,26-/m0/s1. The Morgan fingerprint density at radius 1 is 0.725 bits per heavy atom. The summed E-state index contributed by atoms with van der Waals surface area (Å²) in [5, 5.41) is 4.26. The van der Waals surface area contributed by atoms with Crippen molar-refractivity contribution in [2.45, 2.75) is 57.9 Å². The molecule has 3 aromatic rings. The molecular formula is C31H34N2O6S. The van der Waals surface area contributed by atoms with Gasteiger partial charge in [-0.25, -0.2) is 4.79 Å². The molecule has 0 bridgehead atoms. The molecule has 0 saturated heterocycles. The number of ether oxygens (including phenoxy) is 2. The second-order valence-electron chi connectivity index (χ2n) is 10.2. The van der Waals surface area contributed by atoms with Crippen molar-refractivity contribution in [1.29, 1.82) is 0 Å². The highest BCUT2D eigenvalue weighted by Gasteiger charge is 2.30. The van der Waals surface area contributed by atoms with E-state index in [-0.39, 0.29) is 25.0 Å². The second kappa shape index (κ2) is 14.3. The molecule has 0 fully saturated rings. The second-order valence-corrected chi connectivity index (χ2v) is 10.6. The summed E-state index contributed by atoms with van der Waals surface area (Å²) in [6.45, 7) is 5.82. The number of benzene rings is 3. The van der Waals surface area contributed by atoms with Crippen molar-refractivity contribution in [2.24, 2.45) is 0 Å². The first-order chi connectivity index (χ1) is 19.0. The number of rotatable bonds is 12. The number of nitrogens with one attached hydrogen (secondary N) is 2. The van der Waals surface area contributed by atoms with Crippen LogP contribution in [0.3, 0.4) is 0 Å². The van der Waals surface area contributed by atoms with Gasteiger partial charge < -0.3 is 20.1 Å². The van der Waals surface area contributed by atoms with Crippen molar-refractivity contribution < 1.29 is 28.7 Å². The van der Waals surface area contributed by atoms with E-state index in [4.69, 9.17) is 9.47 Å². The molecule has 0 aliphatic rings. The molecule has 9 heteroatoms. The van der Waals surface area contributed by atoms with Gasteiger partial charge in [0.1, 0.15) is 30.0 Å². The minimum Gasteiger partial charge on any atom is -0.488 e. The molecule has 0 spiro atoms. The van der Waals surface area contributed by atoms with Crippen molar-refractivity contribution in [3.05, 3.63) is 102 Å². The molecule has 0 aliphatic heterocycles. The van der Waals surface area contributed by atoms with Gasteiger partial charge >= 0.3 is 6.09 Å². The maximum atomic E-state index is 13.4. The Morgan fingerprint density at radius 2 is 1.25 bits per heavy atom. The van der Waals surface area contributed by atoms with Gasteiger partial charge in [-0.15, -0.1) is 0 Å². The number of hydrogen-bond acceptors (Lipinski definition) is 6. The van der Waals surface area contributed by atoms with Crippen molar-refractivity contribution >= 4 is 35.5 Å². The molecule has 3 aromatic carbocycles. The van der Waals surface area contributed by atoms with Crippen LogP contribution >= 0.6 is 12.6 Å². The molecule has 210 valence electrons. The van der Waals surface area contributed by atoms with Crippen LogP contribution in [0.4, 0.5) is 4.79 Å². The van der Waals surface area contributed by atoms with E-state index in [1.54, 1.807) is 24.3 Å². The first-order valence-corrected chi connectivity index (χ1v) is 13.3. The van der Waals surface area contributed by atoms with Crippen molar-refractivity contribution in [2.75, 3.05) is 0 Å². The predicted octanol–water partition coefficient (Wildman–Crippen LogP) is 4.45. The van der Waals surface area contributed by atoms with Gasteiger partial charge in [0.25, 0.3) is 5.12 Å². The van der Waals surface area contributed by atoms with Gasteiger partial charge in [-0.2, -0.15) is 0 Å². The van der Waals surface area contributed by atoms with Gasteiger partial charge in [-0.05, 0) is 49.6 Å². The number of alkyl carbamates (subject to hydrolysis) is 1. The van der Waals surface area contributed by atoms with Gasteiger partial charge in [-0.3, -0.25) is 14.4 Å². The molecule has 0 radical (unpaired) electrons. The minimum absolute atomic E-state index is 0.0243. The molecular weight excluding hydrogens is 528 g/mol. The summed E-state index contributed by atoms with van der Waals surface area (Å²) < 4.78 is 11.1. The summed E-state index contributed by atoms with van der Waals surface area (Å²) in [5.74, 6) is -0.854. The number of carbonyl (C=O) groups is 4. The third-order valence-corrected chi connectivity index (χ3v) is 5.96. The van der Waals surface area contributed by atoms with Crippen LogP contribution < -0.4 is 15.4 Å². The lowest BCUT2D eigenvalue weighted by Crippen LogP contribution is -2.53. The third-order valence-electron chi connectivity index (χ3n) is 5.73. The number of Topliss-reactive ketones (excluding diaryl/α,β-unsaturated/α-hetero) is 1. The van der Waals surface area contributed by atoms with Gasteiger partial charge in [0.05, 0.1) is 0 Å². The molecule has 2 atom stereocenters. The molecule has 0 heterocycles. The molecule has 40 heavy (non-hydrogen) atoms. The fraction of sp³-hybridized carbons (Fsp3) is 0.290. The summed E-state index contributed by atoms with van der Waals surface area (Å²) in [5.41, 5.74) is 1.90. The number of ketones is 1. The molecule has 0 aliphatic carbocycles. The fourth-order valence-electron chi connectivity index (χ4n) is 3.88. The first kappa shape index (κ1) is 30.4. The highest BCUT2D eigenvalue weighted by atomic mass is 32.1. The molecule has 0 saturated carbocycles. The largest absolute Gasteiger partial charge is 0.488 e. The maximum Gasteiger partial charge on any atom is 0.408 e. The van der Waals surface area contributed by atoms with Crippen LogP contribution in [0.25, 0.3) is 0 Å². The van der Waals surface area contributed by atoms with E-state index in [2.05, 4.69) is 23.3 Å². The zero-order valence-corrected chi connectivity index (χ0v) is 23.7. The van der Waals surface area contributed by atoms with E-state index in [1.807, 2.05) is 81.4 Å². The van der Waals surface area contributed by atoms with Crippen molar-refractivity contribution in [3.63, 3.8) is 0 Å². The van der Waals surface area contributed by atoms with E-state index < -0.39 is 35.0 Å². The van der Waals surface area contributed by atoms with Crippen LogP contribution in [-0.4, -0.2) is 40.6 Å². The highest BCUT2D eigenvalue weighted by Crippen LogP contribution is 2.19. The summed E-state index contributed by atoms with van der Waals surface area (Å²) in [4.78, 5) is 50.6. The zero-order chi connectivity index (χ0) is 29.1. The highest BCUT2D eigenvalue weighted by molar-refractivity contribution is 7.98. The van der Waals surface area contributed by atoms with Crippen LogP contribution in [0.1, 0.15) is 37.5 Å². The Kier molecular flexibility index (Phi) is 10.9. The fourth-order valence-corrected chi connectivity index (χ4v) is 4.04. The average Bonchev–Trinajstić information content (AvgIpc) is 2.92. The quantitative estimate of drug-likeness (QED) is 0.222. The van der Waals surface area contributed by atoms with Crippen molar-refractivity contribution in [3.8, 4) is 5.75 Å². The SMILES string of the molecule is CC(C)(C)Oc1ccc(C[C@H](NC(=O)[C@H](Cc2ccccc2)NC(=O)OCc2ccccc2)C(=O)C(=O)S)cc1. The van der Waals surface area contributed by atoms with Crippen LogP contribution in [0.15, 0.2) is 84.9 Å². The maximum absolute atomic E-state index is 13.4. The van der Waals surface area contributed by atoms with Crippen LogP contribution in [0.5, 0.6) is 5.75 Å². The number of carbonyl (C=O) groups excluding carboxylic acids is 4. The Bertz CT molecular complexity index is 1290. The Labute approximate surface area is 239 Å². The van der Waals surface area contributed by atoms with Crippen molar-refractivity contribution in [1.82, 2.24) is 10.6 Å². The lowest BCUT2D eigenvalue weighted by Gasteiger charge is -2.23. The first-order valence-electron chi connectivity index (χ1n) is 12.9. The molecule has 2 N–H and O–H groups in total. The lowest BCUT2D eigenvalue weighted by atomic mass is 10.0. The molecule has 0 aromatic heterocycles. The van der Waals surface area contributed by atoms with Gasteiger partial charge in [0.2, 0.25) is 11.7 Å². The van der Waals surface area contributed by atoms with E-state index in [1.165, 1.54) is 0 Å². The smallest absolute Gasteiger partial charge is 0.408 e. The summed E-state index contributed by atoms with van der Waals surface area (Å²) in [6, 6.07) is 23.0. The van der Waals surface area contributed by atoms with E-state index in [0.717, 1.165) is 11.1 Å². The van der Waals surface area contributed by atoms with Crippen LogP contribution in [-0.2, 0) is 38.6 Å². The Balaban J connectivity index is 1.74. The third kappa shape index (κ3) is 10.2. The van der Waals surface area contributed by atoms with Gasteiger partial charge in [0, 0.05) is 12.8 Å². The van der Waals surface area contributed by atoms with E-state index in [0.29, 0.717) is 11.3 Å².